The van der Waals surface area contributed by atoms with Crippen LogP contribution < -0.4 is 15.4 Å². The second kappa shape index (κ2) is 6.15. The van der Waals surface area contributed by atoms with Crippen LogP contribution in [0.1, 0.15) is 12.0 Å². The number of methoxy groups -OCH3 is 1. The SMILES string of the molecule is COc1cccc(C2(CCN(C)C)C(=O)NC(=O)NC2=O)c1. The van der Waals surface area contributed by atoms with Gasteiger partial charge in [0.2, 0.25) is 11.8 Å². The number of nitrogens with one attached hydrogen (secondary N) is 2. The first kappa shape index (κ1) is 16.0. The number of carbonyl (C=O) groups is 3. The van der Waals surface area contributed by atoms with Crippen molar-refractivity contribution < 1.29 is 19.1 Å². The monoisotopic (exact) mass is 305 g/mol. The maximum atomic E-state index is 12.5. The largest absolute Gasteiger partial charge is 0.497 e. The average Bonchev–Trinajstić information content (AvgIpc) is 2.46. The fraction of sp³-hybridized carbons (Fsp3) is 0.400. The molecule has 0 atom stereocenters. The topological polar surface area (TPSA) is 87.7 Å². The summed E-state index contributed by atoms with van der Waals surface area (Å²) in [7, 11) is 5.21. The van der Waals surface area contributed by atoms with Gasteiger partial charge in [-0.1, -0.05) is 12.1 Å². The van der Waals surface area contributed by atoms with Crippen molar-refractivity contribution in [1.82, 2.24) is 15.5 Å². The van der Waals surface area contributed by atoms with Gasteiger partial charge < -0.3 is 9.64 Å². The number of urea groups is 1. The van der Waals surface area contributed by atoms with Gasteiger partial charge in [0.05, 0.1) is 7.11 Å². The Balaban J connectivity index is 2.51. The van der Waals surface area contributed by atoms with E-state index in [1.807, 2.05) is 19.0 Å². The molecular weight excluding hydrogens is 286 g/mol. The van der Waals surface area contributed by atoms with Gasteiger partial charge in [-0.05, 0) is 44.8 Å². The quantitative estimate of drug-likeness (QED) is 0.762. The normalized spacial score (nSPS) is 17.2. The number of benzene rings is 1. The Labute approximate surface area is 128 Å². The Morgan fingerprint density at radius 1 is 1.14 bits per heavy atom. The molecule has 2 N–H and O–H groups in total. The molecule has 0 bridgehead atoms. The predicted molar refractivity (Wildman–Crippen MR) is 79.5 cm³/mol. The molecule has 22 heavy (non-hydrogen) atoms. The summed E-state index contributed by atoms with van der Waals surface area (Å²) in [5, 5.41) is 4.38. The van der Waals surface area contributed by atoms with Crippen molar-refractivity contribution in [2.45, 2.75) is 11.8 Å². The first-order chi connectivity index (χ1) is 10.4. The smallest absolute Gasteiger partial charge is 0.328 e. The molecule has 0 spiro atoms. The van der Waals surface area contributed by atoms with E-state index in [-0.39, 0.29) is 6.42 Å². The number of imide groups is 2. The summed E-state index contributed by atoms with van der Waals surface area (Å²) >= 11 is 0. The van der Waals surface area contributed by atoms with Gasteiger partial charge in [0.15, 0.2) is 5.41 Å². The molecule has 1 aliphatic heterocycles. The molecule has 1 aromatic carbocycles. The van der Waals surface area contributed by atoms with E-state index in [1.54, 1.807) is 24.3 Å². The third-order valence-corrected chi connectivity index (χ3v) is 3.73. The number of barbiturate groups is 1. The molecule has 2 rings (SSSR count). The summed E-state index contributed by atoms with van der Waals surface area (Å²) in [4.78, 5) is 38.2. The maximum Gasteiger partial charge on any atom is 0.328 e. The van der Waals surface area contributed by atoms with Crippen LogP contribution in [0.3, 0.4) is 0 Å². The van der Waals surface area contributed by atoms with Crippen molar-refractivity contribution in [3.05, 3.63) is 29.8 Å². The summed E-state index contributed by atoms with van der Waals surface area (Å²) in [6.07, 6.45) is 0.248. The second-order valence-corrected chi connectivity index (χ2v) is 5.43. The molecule has 1 saturated heterocycles. The lowest BCUT2D eigenvalue weighted by molar-refractivity contribution is -0.139. The van der Waals surface area contributed by atoms with Gasteiger partial charge in [0.1, 0.15) is 5.75 Å². The summed E-state index contributed by atoms with van der Waals surface area (Å²) in [6, 6.07) is 5.98. The zero-order valence-electron chi connectivity index (χ0n) is 12.8. The van der Waals surface area contributed by atoms with E-state index in [9.17, 15) is 14.4 Å². The highest BCUT2D eigenvalue weighted by Gasteiger charge is 2.51. The summed E-state index contributed by atoms with van der Waals surface area (Å²) in [6.45, 7) is 0.506. The van der Waals surface area contributed by atoms with E-state index in [1.165, 1.54) is 7.11 Å². The van der Waals surface area contributed by atoms with Crippen molar-refractivity contribution in [1.29, 1.82) is 0 Å². The number of hydrogen-bond donors (Lipinski definition) is 2. The number of carbonyl (C=O) groups excluding carboxylic acids is 3. The molecule has 118 valence electrons. The Bertz CT molecular complexity index is 593. The second-order valence-electron chi connectivity index (χ2n) is 5.43. The maximum absolute atomic E-state index is 12.5. The van der Waals surface area contributed by atoms with Gasteiger partial charge in [-0.3, -0.25) is 20.2 Å². The highest BCUT2D eigenvalue weighted by Crippen LogP contribution is 2.33. The molecule has 0 radical (unpaired) electrons. The number of ether oxygens (including phenoxy) is 1. The van der Waals surface area contributed by atoms with Gasteiger partial charge in [-0.25, -0.2) is 4.79 Å². The molecule has 1 aromatic rings. The molecule has 7 heteroatoms. The standard InChI is InChI=1S/C15H19N3O4/c1-18(2)8-7-15(10-5-4-6-11(9-10)22-3)12(19)16-14(21)17-13(15)20/h4-6,9H,7-8H2,1-3H3,(H2,16,17,19,20,21). The van der Waals surface area contributed by atoms with Crippen LogP contribution in [-0.2, 0) is 15.0 Å². The minimum Gasteiger partial charge on any atom is -0.497 e. The van der Waals surface area contributed by atoms with Crippen LogP contribution in [0.2, 0.25) is 0 Å². The summed E-state index contributed by atoms with van der Waals surface area (Å²) in [5.41, 5.74) is -0.955. The highest BCUT2D eigenvalue weighted by atomic mass is 16.5. The zero-order chi connectivity index (χ0) is 16.3. The molecule has 0 saturated carbocycles. The van der Waals surface area contributed by atoms with Crippen LogP contribution >= 0.6 is 0 Å². The van der Waals surface area contributed by atoms with Gasteiger partial charge in [0.25, 0.3) is 0 Å². The van der Waals surface area contributed by atoms with E-state index in [2.05, 4.69) is 10.6 Å². The third-order valence-electron chi connectivity index (χ3n) is 3.73. The Kier molecular flexibility index (Phi) is 4.46. The lowest BCUT2D eigenvalue weighted by Gasteiger charge is -2.35. The van der Waals surface area contributed by atoms with Gasteiger partial charge in [-0.2, -0.15) is 0 Å². The number of rotatable bonds is 5. The zero-order valence-corrected chi connectivity index (χ0v) is 12.8. The van der Waals surface area contributed by atoms with Gasteiger partial charge in [-0.15, -0.1) is 0 Å². The van der Waals surface area contributed by atoms with Crippen LogP contribution in [0.15, 0.2) is 24.3 Å². The number of hydrogen-bond acceptors (Lipinski definition) is 5. The van der Waals surface area contributed by atoms with Crippen molar-refractivity contribution >= 4 is 17.8 Å². The Hall–Kier alpha value is -2.41. The summed E-state index contributed by atoms with van der Waals surface area (Å²) in [5.74, 6) is -0.688. The van der Waals surface area contributed by atoms with Crippen LogP contribution in [0.4, 0.5) is 4.79 Å². The van der Waals surface area contributed by atoms with Crippen LogP contribution in [0, 0.1) is 0 Å². The molecule has 1 aliphatic rings. The molecule has 0 unspecified atom stereocenters. The molecule has 0 aliphatic carbocycles. The van der Waals surface area contributed by atoms with Crippen molar-refractivity contribution in [3.8, 4) is 5.75 Å². The Morgan fingerprint density at radius 3 is 2.32 bits per heavy atom. The fourth-order valence-corrected chi connectivity index (χ4v) is 2.47. The van der Waals surface area contributed by atoms with E-state index in [0.717, 1.165) is 0 Å². The van der Waals surface area contributed by atoms with E-state index in [0.29, 0.717) is 17.9 Å². The molecule has 0 aromatic heterocycles. The lowest BCUT2D eigenvalue weighted by Crippen LogP contribution is -2.65. The first-order valence-corrected chi connectivity index (χ1v) is 6.86. The van der Waals surface area contributed by atoms with E-state index in [4.69, 9.17) is 4.74 Å². The predicted octanol–water partition coefficient (Wildman–Crippen LogP) is 0.251. The minimum atomic E-state index is -1.45. The van der Waals surface area contributed by atoms with Crippen LogP contribution in [-0.4, -0.2) is 50.5 Å². The molecular formula is C15H19N3O4. The van der Waals surface area contributed by atoms with Crippen molar-refractivity contribution in [3.63, 3.8) is 0 Å². The van der Waals surface area contributed by atoms with Crippen LogP contribution in [0.25, 0.3) is 0 Å². The first-order valence-electron chi connectivity index (χ1n) is 6.86. The molecule has 4 amide bonds. The van der Waals surface area contributed by atoms with Crippen LogP contribution in [0.5, 0.6) is 5.75 Å². The fourth-order valence-electron chi connectivity index (χ4n) is 2.47. The number of nitrogens with zero attached hydrogens (tertiary/aromatic N) is 1. The highest BCUT2D eigenvalue weighted by molar-refractivity contribution is 6.22. The van der Waals surface area contributed by atoms with Gasteiger partial charge >= 0.3 is 6.03 Å². The molecule has 1 fully saturated rings. The third kappa shape index (κ3) is 2.80. The summed E-state index contributed by atoms with van der Waals surface area (Å²) < 4.78 is 5.17. The van der Waals surface area contributed by atoms with Gasteiger partial charge in [0, 0.05) is 0 Å². The van der Waals surface area contributed by atoms with E-state index < -0.39 is 23.3 Å². The lowest BCUT2D eigenvalue weighted by atomic mass is 9.74. The van der Waals surface area contributed by atoms with E-state index >= 15 is 0 Å². The minimum absolute atomic E-state index is 0.248. The average molecular weight is 305 g/mol. The van der Waals surface area contributed by atoms with Crippen molar-refractivity contribution in [2.75, 3.05) is 27.7 Å². The van der Waals surface area contributed by atoms with Crippen molar-refractivity contribution in [2.24, 2.45) is 0 Å². The molecule has 7 nitrogen and oxygen atoms in total. The number of amides is 4. The molecule has 1 heterocycles. The Morgan fingerprint density at radius 2 is 1.77 bits per heavy atom.